The summed E-state index contributed by atoms with van der Waals surface area (Å²) in [5.74, 6) is 0. The molecule has 0 aromatic carbocycles. The smallest absolute Gasteiger partial charge is 0.0855 e. The van der Waals surface area contributed by atoms with Crippen LogP contribution in [0.1, 0.15) is 46.0 Å². The van der Waals surface area contributed by atoms with E-state index < -0.39 is 0 Å². The lowest BCUT2D eigenvalue weighted by molar-refractivity contribution is -0.894. The number of nitrogens with zero attached hydrogens (tertiary/aromatic N) is 1. The molecular weight excluding hydrogens is 146 g/mol. The molecule has 74 valence electrons. The molecule has 0 rings (SSSR count). The second kappa shape index (κ2) is 5.58. The van der Waals surface area contributed by atoms with Crippen molar-refractivity contribution < 1.29 is 4.48 Å². The molecule has 1 heteroatoms. The van der Waals surface area contributed by atoms with Gasteiger partial charge in [-0.05, 0) is 19.8 Å². The lowest BCUT2D eigenvalue weighted by Gasteiger charge is -2.31. The van der Waals surface area contributed by atoms with Crippen molar-refractivity contribution in [1.29, 1.82) is 0 Å². The fourth-order valence-electron chi connectivity index (χ4n) is 1.25. The fraction of sp³-hybridized carbons (Fsp3) is 1.00. The van der Waals surface area contributed by atoms with Crippen molar-refractivity contribution >= 4 is 0 Å². The molecule has 0 N–H and O–H groups in total. The van der Waals surface area contributed by atoms with Gasteiger partial charge >= 0.3 is 0 Å². The summed E-state index contributed by atoms with van der Waals surface area (Å²) in [6, 6.07) is 0.807. The maximum absolute atomic E-state index is 2.35. The summed E-state index contributed by atoms with van der Waals surface area (Å²) >= 11 is 0. The lowest BCUT2D eigenvalue weighted by Crippen LogP contribution is -2.43. The van der Waals surface area contributed by atoms with E-state index in [1.807, 2.05) is 0 Å². The van der Waals surface area contributed by atoms with E-state index in [0.717, 1.165) is 10.5 Å². The molecule has 0 spiro atoms. The maximum Gasteiger partial charge on any atom is 0.0855 e. The van der Waals surface area contributed by atoms with Gasteiger partial charge in [-0.2, -0.15) is 0 Å². The van der Waals surface area contributed by atoms with Gasteiger partial charge in [0.2, 0.25) is 0 Å². The van der Waals surface area contributed by atoms with E-state index in [9.17, 15) is 0 Å². The normalized spacial score (nSPS) is 14.8. The first-order valence-electron chi connectivity index (χ1n) is 5.29. The summed E-state index contributed by atoms with van der Waals surface area (Å²) in [6.07, 6.45) is 6.96. The standard InChI is InChI=1S/C11H26N/c1-6-7-8-9-10-11(2)12(3,4)5/h11H,6-10H2,1-5H3/q+1. The van der Waals surface area contributed by atoms with Crippen LogP contribution in [0.4, 0.5) is 0 Å². The van der Waals surface area contributed by atoms with Gasteiger partial charge in [-0.1, -0.05) is 26.2 Å². The van der Waals surface area contributed by atoms with Gasteiger partial charge in [-0.3, -0.25) is 0 Å². The molecule has 0 saturated carbocycles. The Labute approximate surface area is 78.4 Å². The Morgan fingerprint density at radius 1 is 1.00 bits per heavy atom. The summed E-state index contributed by atoms with van der Waals surface area (Å²) in [6.45, 7) is 4.62. The SMILES string of the molecule is CCCCCCC(C)[N+](C)(C)C. The minimum absolute atomic E-state index is 0.807. The topological polar surface area (TPSA) is 0 Å². The van der Waals surface area contributed by atoms with Crippen LogP contribution in [0.3, 0.4) is 0 Å². The Kier molecular flexibility index (Phi) is 5.56. The molecule has 1 unspecified atom stereocenters. The summed E-state index contributed by atoms with van der Waals surface area (Å²) in [4.78, 5) is 0. The zero-order valence-corrected chi connectivity index (χ0v) is 9.56. The molecule has 0 fully saturated rings. The molecule has 0 aliphatic carbocycles. The molecule has 0 aromatic heterocycles. The molecule has 1 nitrogen and oxygen atoms in total. The van der Waals surface area contributed by atoms with Gasteiger partial charge < -0.3 is 4.48 Å². The predicted molar refractivity (Wildman–Crippen MR) is 56.3 cm³/mol. The lowest BCUT2D eigenvalue weighted by atomic mass is 10.1. The highest BCUT2D eigenvalue weighted by molar-refractivity contribution is 4.50. The van der Waals surface area contributed by atoms with E-state index in [0.29, 0.717) is 0 Å². The first-order chi connectivity index (χ1) is 5.48. The van der Waals surface area contributed by atoms with Crippen LogP contribution in [-0.4, -0.2) is 31.7 Å². The Balaban J connectivity index is 3.38. The van der Waals surface area contributed by atoms with Gasteiger partial charge in [-0.25, -0.2) is 0 Å². The largest absolute Gasteiger partial charge is 0.329 e. The zero-order valence-electron chi connectivity index (χ0n) is 9.56. The van der Waals surface area contributed by atoms with Crippen molar-refractivity contribution in [3.63, 3.8) is 0 Å². The van der Waals surface area contributed by atoms with E-state index in [-0.39, 0.29) is 0 Å². The molecule has 0 aromatic rings. The van der Waals surface area contributed by atoms with Crippen molar-refractivity contribution in [2.75, 3.05) is 21.1 Å². The van der Waals surface area contributed by atoms with Gasteiger partial charge in [-0.15, -0.1) is 0 Å². The van der Waals surface area contributed by atoms with Gasteiger partial charge in [0.25, 0.3) is 0 Å². The van der Waals surface area contributed by atoms with Crippen LogP contribution in [0.25, 0.3) is 0 Å². The van der Waals surface area contributed by atoms with Crippen LogP contribution in [0, 0.1) is 0 Å². The highest BCUT2D eigenvalue weighted by atomic mass is 15.3. The minimum atomic E-state index is 0.807. The maximum atomic E-state index is 2.35. The van der Waals surface area contributed by atoms with Crippen LogP contribution < -0.4 is 0 Å². The number of unbranched alkanes of at least 4 members (excludes halogenated alkanes) is 3. The predicted octanol–water partition coefficient (Wildman–Crippen LogP) is 3.05. The quantitative estimate of drug-likeness (QED) is 0.427. The summed E-state index contributed by atoms with van der Waals surface area (Å²) < 4.78 is 1.10. The Morgan fingerprint density at radius 2 is 1.58 bits per heavy atom. The molecule has 0 aliphatic heterocycles. The molecule has 0 saturated heterocycles. The number of hydrogen-bond donors (Lipinski definition) is 0. The zero-order chi connectivity index (χ0) is 9.61. The highest BCUT2D eigenvalue weighted by Crippen LogP contribution is 2.12. The Bertz CT molecular complexity index is 102. The minimum Gasteiger partial charge on any atom is -0.329 e. The highest BCUT2D eigenvalue weighted by Gasteiger charge is 2.16. The van der Waals surface area contributed by atoms with Crippen LogP contribution in [-0.2, 0) is 0 Å². The van der Waals surface area contributed by atoms with Crippen LogP contribution >= 0.6 is 0 Å². The molecular formula is C11H26N+. The van der Waals surface area contributed by atoms with E-state index in [4.69, 9.17) is 0 Å². The number of rotatable bonds is 6. The first-order valence-corrected chi connectivity index (χ1v) is 5.29. The average Bonchev–Trinajstić information content (AvgIpc) is 1.96. The van der Waals surface area contributed by atoms with Crippen molar-refractivity contribution in [3.05, 3.63) is 0 Å². The molecule has 0 radical (unpaired) electrons. The summed E-state index contributed by atoms with van der Waals surface area (Å²) in [5.41, 5.74) is 0. The van der Waals surface area contributed by atoms with E-state index in [2.05, 4.69) is 35.0 Å². The van der Waals surface area contributed by atoms with Crippen LogP contribution in [0.2, 0.25) is 0 Å². The van der Waals surface area contributed by atoms with E-state index in [1.165, 1.54) is 32.1 Å². The summed E-state index contributed by atoms with van der Waals surface area (Å²) in [7, 11) is 6.85. The van der Waals surface area contributed by atoms with Gasteiger partial charge in [0.1, 0.15) is 0 Å². The fourth-order valence-corrected chi connectivity index (χ4v) is 1.25. The monoisotopic (exact) mass is 172 g/mol. The average molecular weight is 172 g/mol. The molecule has 0 bridgehead atoms. The summed E-state index contributed by atoms with van der Waals surface area (Å²) in [5, 5.41) is 0. The third kappa shape index (κ3) is 5.59. The molecule has 0 aliphatic rings. The van der Waals surface area contributed by atoms with E-state index in [1.54, 1.807) is 0 Å². The Hall–Kier alpha value is -0.0400. The second-order valence-electron chi connectivity index (χ2n) is 4.81. The van der Waals surface area contributed by atoms with Crippen LogP contribution in [0.5, 0.6) is 0 Å². The molecule has 0 heterocycles. The second-order valence-corrected chi connectivity index (χ2v) is 4.81. The van der Waals surface area contributed by atoms with Crippen molar-refractivity contribution in [3.8, 4) is 0 Å². The van der Waals surface area contributed by atoms with Crippen molar-refractivity contribution in [1.82, 2.24) is 0 Å². The Morgan fingerprint density at radius 3 is 2.00 bits per heavy atom. The molecule has 1 atom stereocenters. The number of quaternary nitrogens is 1. The van der Waals surface area contributed by atoms with Gasteiger partial charge in [0, 0.05) is 0 Å². The van der Waals surface area contributed by atoms with Gasteiger partial charge in [0.15, 0.2) is 0 Å². The van der Waals surface area contributed by atoms with Crippen LogP contribution in [0.15, 0.2) is 0 Å². The van der Waals surface area contributed by atoms with Crippen molar-refractivity contribution in [2.24, 2.45) is 0 Å². The molecule has 0 amide bonds. The third-order valence-corrected chi connectivity index (χ3v) is 2.80. The van der Waals surface area contributed by atoms with E-state index >= 15 is 0 Å². The third-order valence-electron chi connectivity index (χ3n) is 2.80. The first kappa shape index (κ1) is 12.0. The molecule has 12 heavy (non-hydrogen) atoms. The van der Waals surface area contributed by atoms with Crippen molar-refractivity contribution in [2.45, 2.75) is 52.0 Å². The number of hydrogen-bond acceptors (Lipinski definition) is 0. The van der Waals surface area contributed by atoms with Gasteiger partial charge in [0.05, 0.1) is 27.2 Å².